The first kappa shape index (κ1) is 12.1. The molecule has 0 aromatic heterocycles. The maximum absolute atomic E-state index is 12.0. The molecule has 0 saturated carbocycles. The molecule has 1 N–H and O–H groups in total. The molecule has 0 aliphatic heterocycles. The van der Waals surface area contributed by atoms with Crippen molar-refractivity contribution in [2.24, 2.45) is 0 Å². The zero-order chi connectivity index (χ0) is 12.3. The molecule has 4 heteroatoms. The number of halogens is 1. The molecule has 0 fully saturated rings. The van der Waals surface area contributed by atoms with E-state index in [-0.39, 0.29) is 0 Å². The summed E-state index contributed by atoms with van der Waals surface area (Å²) in [6.45, 7) is 2.00. The fraction of sp³-hybridized carbons (Fsp3) is 0.0769. The van der Waals surface area contributed by atoms with Gasteiger partial charge < -0.3 is 4.72 Å². The minimum atomic E-state index is -1.24. The van der Waals surface area contributed by atoms with E-state index in [1.54, 1.807) is 24.3 Å². The summed E-state index contributed by atoms with van der Waals surface area (Å²) in [5.41, 5.74) is 1.94. The summed E-state index contributed by atoms with van der Waals surface area (Å²) in [5, 5.41) is 0.664. The third kappa shape index (κ3) is 3.32. The van der Waals surface area contributed by atoms with Gasteiger partial charge in [0.15, 0.2) is 0 Å². The normalized spacial score (nSPS) is 12.1. The molecule has 2 aromatic rings. The summed E-state index contributed by atoms with van der Waals surface area (Å²) in [7, 11) is -1.24. The van der Waals surface area contributed by atoms with Crippen LogP contribution in [0.2, 0.25) is 5.02 Å². The number of hydrogen-bond donors (Lipinski definition) is 1. The number of nitrogens with one attached hydrogen (secondary N) is 1. The molecule has 2 nitrogen and oxygen atoms in total. The van der Waals surface area contributed by atoms with Crippen molar-refractivity contribution in [2.75, 3.05) is 4.72 Å². The Morgan fingerprint density at radius 3 is 2.18 bits per heavy atom. The van der Waals surface area contributed by atoms with Gasteiger partial charge in [0.2, 0.25) is 0 Å². The lowest BCUT2D eigenvalue weighted by molar-refractivity contribution is 0.686. The number of anilines is 1. The molecule has 1 atom stereocenters. The van der Waals surface area contributed by atoms with Gasteiger partial charge in [-0.25, -0.2) is 4.21 Å². The van der Waals surface area contributed by atoms with E-state index < -0.39 is 11.0 Å². The van der Waals surface area contributed by atoms with Crippen LogP contribution in [-0.2, 0) is 11.0 Å². The van der Waals surface area contributed by atoms with Crippen LogP contribution in [0.15, 0.2) is 53.4 Å². The molecule has 0 saturated heterocycles. The highest BCUT2D eigenvalue weighted by Crippen LogP contribution is 2.16. The van der Waals surface area contributed by atoms with E-state index >= 15 is 0 Å². The van der Waals surface area contributed by atoms with Gasteiger partial charge in [0.25, 0.3) is 0 Å². The van der Waals surface area contributed by atoms with E-state index in [1.165, 1.54) is 0 Å². The van der Waals surface area contributed by atoms with Crippen molar-refractivity contribution in [3.63, 3.8) is 0 Å². The monoisotopic (exact) mass is 265 g/mol. The molecular formula is C13H12ClNOS. The Hall–Kier alpha value is -1.32. The average molecular weight is 266 g/mol. The molecule has 17 heavy (non-hydrogen) atoms. The molecule has 88 valence electrons. The molecule has 2 rings (SSSR count). The fourth-order valence-electron chi connectivity index (χ4n) is 1.35. The van der Waals surface area contributed by atoms with Crippen molar-refractivity contribution >= 4 is 28.3 Å². The van der Waals surface area contributed by atoms with E-state index in [0.717, 1.165) is 16.1 Å². The van der Waals surface area contributed by atoms with E-state index in [1.807, 2.05) is 31.2 Å². The Bertz CT molecular complexity index is 522. The maximum Gasteiger partial charge on any atom is 0.150 e. The molecule has 1 unspecified atom stereocenters. The molecule has 0 aliphatic rings. The molecule has 0 aliphatic carbocycles. The minimum absolute atomic E-state index is 0.664. The van der Waals surface area contributed by atoms with Crippen LogP contribution < -0.4 is 4.72 Å². The van der Waals surface area contributed by atoms with Gasteiger partial charge >= 0.3 is 0 Å². The van der Waals surface area contributed by atoms with Gasteiger partial charge in [0, 0.05) is 10.7 Å². The van der Waals surface area contributed by atoms with Crippen LogP contribution in [0.3, 0.4) is 0 Å². The van der Waals surface area contributed by atoms with Crippen molar-refractivity contribution in [1.82, 2.24) is 0 Å². The highest BCUT2D eigenvalue weighted by Gasteiger charge is 2.03. The second kappa shape index (κ2) is 5.34. The van der Waals surface area contributed by atoms with Crippen molar-refractivity contribution in [3.8, 4) is 0 Å². The van der Waals surface area contributed by atoms with Crippen molar-refractivity contribution in [3.05, 3.63) is 59.1 Å². The van der Waals surface area contributed by atoms with E-state index in [4.69, 9.17) is 11.6 Å². The molecular weight excluding hydrogens is 254 g/mol. The molecule has 0 spiro atoms. The highest BCUT2D eigenvalue weighted by molar-refractivity contribution is 7.86. The summed E-state index contributed by atoms with van der Waals surface area (Å²) < 4.78 is 14.9. The second-order valence-corrected chi connectivity index (χ2v) is 5.34. The summed E-state index contributed by atoms with van der Waals surface area (Å²) in [6, 6.07) is 14.7. The molecule has 0 heterocycles. The first-order valence-corrected chi connectivity index (χ1v) is 6.68. The number of hydrogen-bond acceptors (Lipinski definition) is 1. The largest absolute Gasteiger partial charge is 0.301 e. The molecule has 2 aromatic carbocycles. The summed E-state index contributed by atoms with van der Waals surface area (Å²) in [4.78, 5) is 0.755. The zero-order valence-electron chi connectivity index (χ0n) is 9.31. The summed E-state index contributed by atoms with van der Waals surface area (Å²) in [6.07, 6.45) is 0. The van der Waals surface area contributed by atoms with Crippen LogP contribution in [0.1, 0.15) is 5.56 Å². The topological polar surface area (TPSA) is 29.1 Å². The standard InChI is InChI=1S/C13H12ClNOS/c1-10-2-8-13(9-3-10)17(16)15-12-6-4-11(14)5-7-12/h2-9,15H,1H3. The first-order valence-electron chi connectivity index (χ1n) is 5.16. The number of rotatable bonds is 3. The van der Waals surface area contributed by atoms with Crippen LogP contribution in [-0.4, -0.2) is 4.21 Å². The van der Waals surface area contributed by atoms with E-state index in [2.05, 4.69) is 4.72 Å². The van der Waals surface area contributed by atoms with Crippen LogP contribution in [0.25, 0.3) is 0 Å². The van der Waals surface area contributed by atoms with Crippen LogP contribution in [0, 0.1) is 6.92 Å². The minimum Gasteiger partial charge on any atom is -0.301 e. The van der Waals surface area contributed by atoms with Gasteiger partial charge in [0.05, 0.1) is 4.90 Å². The third-order valence-electron chi connectivity index (χ3n) is 2.29. The predicted octanol–water partition coefficient (Wildman–Crippen LogP) is 3.78. The second-order valence-electron chi connectivity index (χ2n) is 3.69. The third-order valence-corrected chi connectivity index (χ3v) is 3.66. The lowest BCUT2D eigenvalue weighted by atomic mass is 10.2. The van der Waals surface area contributed by atoms with Crippen LogP contribution in [0.5, 0.6) is 0 Å². The highest BCUT2D eigenvalue weighted by atomic mass is 35.5. The lowest BCUT2D eigenvalue weighted by Gasteiger charge is -2.06. The quantitative estimate of drug-likeness (QED) is 0.899. The van der Waals surface area contributed by atoms with Gasteiger partial charge in [-0.2, -0.15) is 0 Å². The Balaban J connectivity index is 2.11. The zero-order valence-corrected chi connectivity index (χ0v) is 10.9. The Kier molecular flexibility index (Phi) is 3.82. The summed E-state index contributed by atoms with van der Waals surface area (Å²) in [5.74, 6) is 0. The number of benzene rings is 2. The van der Waals surface area contributed by atoms with E-state index in [0.29, 0.717) is 5.02 Å². The van der Waals surface area contributed by atoms with Gasteiger partial charge in [-0.05, 0) is 43.3 Å². The van der Waals surface area contributed by atoms with Crippen molar-refractivity contribution in [2.45, 2.75) is 11.8 Å². The Labute approximate surface area is 108 Å². The maximum atomic E-state index is 12.0. The predicted molar refractivity (Wildman–Crippen MR) is 72.7 cm³/mol. The molecule has 0 radical (unpaired) electrons. The van der Waals surface area contributed by atoms with E-state index in [9.17, 15) is 4.21 Å². The van der Waals surface area contributed by atoms with Crippen LogP contribution in [0.4, 0.5) is 5.69 Å². The van der Waals surface area contributed by atoms with Gasteiger partial charge in [-0.3, -0.25) is 0 Å². The number of aryl methyl sites for hydroxylation is 1. The Morgan fingerprint density at radius 2 is 1.59 bits per heavy atom. The average Bonchev–Trinajstić information content (AvgIpc) is 2.33. The smallest absolute Gasteiger partial charge is 0.150 e. The Morgan fingerprint density at radius 1 is 1.00 bits per heavy atom. The van der Waals surface area contributed by atoms with Crippen molar-refractivity contribution < 1.29 is 4.21 Å². The molecule has 0 amide bonds. The van der Waals surface area contributed by atoms with Gasteiger partial charge in [0.1, 0.15) is 11.0 Å². The van der Waals surface area contributed by atoms with Gasteiger partial charge in [-0.15, -0.1) is 0 Å². The van der Waals surface area contributed by atoms with Gasteiger partial charge in [-0.1, -0.05) is 29.3 Å². The summed E-state index contributed by atoms with van der Waals surface area (Å²) >= 11 is 5.78. The van der Waals surface area contributed by atoms with Crippen molar-refractivity contribution in [1.29, 1.82) is 0 Å². The molecule has 0 bridgehead atoms. The lowest BCUT2D eigenvalue weighted by Crippen LogP contribution is -2.04. The fourth-order valence-corrected chi connectivity index (χ4v) is 2.32. The van der Waals surface area contributed by atoms with Crippen LogP contribution >= 0.6 is 11.6 Å². The SMILES string of the molecule is Cc1ccc(S(=O)Nc2ccc(Cl)cc2)cc1. The first-order chi connectivity index (χ1) is 8.15.